The highest BCUT2D eigenvalue weighted by molar-refractivity contribution is 5.80. The van der Waals surface area contributed by atoms with Crippen molar-refractivity contribution < 1.29 is 33.0 Å². The minimum atomic E-state index is -3.32. The van der Waals surface area contributed by atoms with E-state index in [1.165, 1.54) is 0 Å². The number of fused-ring (bicyclic) bond motifs is 3. The van der Waals surface area contributed by atoms with Gasteiger partial charge in [-0.1, -0.05) is 61.9 Å². The van der Waals surface area contributed by atoms with Crippen LogP contribution in [0.15, 0.2) is 48.5 Å². The average molecular weight is 487 g/mol. The highest BCUT2D eigenvalue weighted by Gasteiger charge is 2.72. The summed E-state index contributed by atoms with van der Waals surface area (Å²) in [6.07, 6.45) is 0.407. The summed E-state index contributed by atoms with van der Waals surface area (Å²) in [6.45, 7) is 1.61. The quantitative estimate of drug-likeness (QED) is 0.468. The van der Waals surface area contributed by atoms with Crippen LogP contribution < -0.4 is 10.6 Å². The zero-order chi connectivity index (χ0) is 25.2. The summed E-state index contributed by atoms with van der Waals surface area (Å²) >= 11 is 0. The fraction of sp³-hybridized carbons (Fsp3) is 0.423. The van der Waals surface area contributed by atoms with Crippen LogP contribution in [-0.2, 0) is 14.3 Å². The molecule has 35 heavy (non-hydrogen) atoms. The summed E-state index contributed by atoms with van der Waals surface area (Å²) in [7, 11) is 0. The number of hydrogen-bond acceptors (Lipinski definition) is 4. The molecule has 3 N–H and O–H groups in total. The van der Waals surface area contributed by atoms with Gasteiger partial charge >= 0.3 is 12.1 Å². The monoisotopic (exact) mass is 486 g/mol. The molecular weight excluding hydrogens is 458 g/mol. The normalized spacial score (nSPS) is 20.3. The van der Waals surface area contributed by atoms with Crippen molar-refractivity contribution in [3.8, 4) is 11.1 Å². The second kappa shape index (κ2) is 10.0. The van der Waals surface area contributed by atoms with Crippen LogP contribution in [0.4, 0.5) is 13.6 Å². The molecule has 2 aromatic rings. The lowest BCUT2D eigenvalue weighted by atomic mass is 9.98. The molecule has 9 heteroatoms. The molecule has 0 bridgehead atoms. The van der Waals surface area contributed by atoms with E-state index in [-0.39, 0.29) is 18.9 Å². The molecule has 0 saturated heterocycles. The molecule has 3 atom stereocenters. The van der Waals surface area contributed by atoms with Gasteiger partial charge in [-0.05, 0) is 28.7 Å². The number of alkyl carbamates (subject to hydrolysis) is 1. The first-order valence-electron chi connectivity index (χ1n) is 11.7. The van der Waals surface area contributed by atoms with Crippen molar-refractivity contribution in [2.75, 3.05) is 13.2 Å². The number of hydrogen-bond donors (Lipinski definition) is 3. The molecule has 0 radical (unpaired) electrons. The molecule has 2 aliphatic carbocycles. The van der Waals surface area contributed by atoms with Gasteiger partial charge in [0.05, 0.1) is 5.92 Å². The van der Waals surface area contributed by atoms with Gasteiger partial charge in [-0.3, -0.25) is 9.59 Å². The van der Waals surface area contributed by atoms with Crippen molar-refractivity contribution in [3.63, 3.8) is 0 Å². The second-order valence-electron chi connectivity index (χ2n) is 9.06. The molecule has 0 aromatic heterocycles. The number of carbonyl (C=O) groups is 3. The van der Waals surface area contributed by atoms with E-state index in [2.05, 4.69) is 10.6 Å². The Morgan fingerprint density at radius 2 is 1.66 bits per heavy atom. The van der Waals surface area contributed by atoms with Gasteiger partial charge in [0.25, 0.3) is 5.92 Å². The minimum Gasteiger partial charge on any atom is -0.481 e. The molecule has 0 spiro atoms. The number of nitrogens with one attached hydrogen (secondary N) is 2. The number of carbonyl (C=O) groups excluding carboxylic acids is 2. The third-order valence-corrected chi connectivity index (χ3v) is 6.72. The molecule has 4 rings (SSSR count). The van der Waals surface area contributed by atoms with Crippen molar-refractivity contribution in [3.05, 3.63) is 59.7 Å². The van der Waals surface area contributed by atoms with E-state index >= 15 is 0 Å². The first kappa shape index (κ1) is 24.6. The smallest absolute Gasteiger partial charge is 0.407 e. The summed E-state index contributed by atoms with van der Waals surface area (Å²) < 4.78 is 32.5. The summed E-state index contributed by atoms with van der Waals surface area (Å²) in [5.74, 6) is -8.70. The number of carboxylic acid groups (broad SMARTS) is 1. The second-order valence-corrected chi connectivity index (χ2v) is 9.06. The SMILES string of the molecule is CCCC(CC(=O)NC[C@@H]1[C@H](C(=O)O)C1(F)F)NC(=O)OCC1c2ccccc2-c2ccccc21. The molecule has 0 aliphatic heterocycles. The van der Waals surface area contributed by atoms with Crippen LogP contribution in [0.1, 0.15) is 43.2 Å². The van der Waals surface area contributed by atoms with Crippen LogP contribution in [0, 0.1) is 11.8 Å². The lowest BCUT2D eigenvalue weighted by molar-refractivity contribution is -0.141. The van der Waals surface area contributed by atoms with Crippen molar-refractivity contribution in [1.82, 2.24) is 10.6 Å². The fourth-order valence-corrected chi connectivity index (χ4v) is 4.88. The van der Waals surface area contributed by atoms with Gasteiger partial charge in [-0.25, -0.2) is 13.6 Å². The van der Waals surface area contributed by atoms with Crippen LogP contribution in [-0.4, -0.2) is 48.2 Å². The Balaban J connectivity index is 1.29. The van der Waals surface area contributed by atoms with E-state index in [0.717, 1.165) is 22.3 Å². The lowest BCUT2D eigenvalue weighted by Gasteiger charge is -2.19. The Labute approximate surface area is 201 Å². The van der Waals surface area contributed by atoms with Gasteiger partial charge in [-0.15, -0.1) is 0 Å². The molecule has 1 fully saturated rings. The molecular formula is C26H28F2N2O5. The third kappa shape index (κ3) is 5.13. The van der Waals surface area contributed by atoms with Crippen molar-refractivity contribution in [2.45, 2.75) is 44.1 Å². The molecule has 7 nitrogen and oxygen atoms in total. The van der Waals surface area contributed by atoms with Gasteiger partial charge in [0.2, 0.25) is 5.91 Å². The number of rotatable bonds is 10. The number of aliphatic carboxylic acids is 1. The molecule has 0 heterocycles. The summed E-state index contributed by atoms with van der Waals surface area (Å²) in [5.41, 5.74) is 4.40. The fourth-order valence-electron chi connectivity index (χ4n) is 4.88. The molecule has 2 aliphatic rings. The van der Waals surface area contributed by atoms with Crippen LogP contribution in [0.2, 0.25) is 0 Å². The zero-order valence-corrected chi connectivity index (χ0v) is 19.3. The Morgan fingerprint density at radius 1 is 1.06 bits per heavy atom. The van der Waals surface area contributed by atoms with E-state index in [9.17, 15) is 23.2 Å². The van der Waals surface area contributed by atoms with Crippen molar-refractivity contribution in [1.29, 1.82) is 0 Å². The molecule has 2 amide bonds. The molecule has 186 valence electrons. The highest BCUT2D eigenvalue weighted by Crippen LogP contribution is 2.54. The Morgan fingerprint density at radius 3 is 2.20 bits per heavy atom. The zero-order valence-electron chi connectivity index (χ0n) is 19.3. The third-order valence-electron chi connectivity index (χ3n) is 6.72. The van der Waals surface area contributed by atoms with Crippen molar-refractivity contribution in [2.24, 2.45) is 11.8 Å². The summed E-state index contributed by atoms with van der Waals surface area (Å²) in [4.78, 5) is 35.7. The van der Waals surface area contributed by atoms with Gasteiger partial charge in [0.15, 0.2) is 0 Å². The number of amides is 2. The van der Waals surface area contributed by atoms with Crippen LogP contribution in [0.3, 0.4) is 0 Å². The first-order chi connectivity index (χ1) is 16.7. The first-order valence-corrected chi connectivity index (χ1v) is 11.7. The van der Waals surface area contributed by atoms with Crippen LogP contribution in [0.5, 0.6) is 0 Å². The van der Waals surface area contributed by atoms with Gasteiger partial charge in [0, 0.05) is 24.9 Å². The largest absolute Gasteiger partial charge is 0.481 e. The summed E-state index contributed by atoms with van der Waals surface area (Å²) in [6, 6.07) is 15.4. The molecule has 2 aromatic carbocycles. The van der Waals surface area contributed by atoms with E-state index in [1.54, 1.807) is 0 Å². The average Bonchev–Trinajstić information content (AvgIpc) is 3.23. The van der Waals surface area contributed by atoms with Crippen molar-refractivity contribution >= 4 is 18.0 Å². The van der Waals surface area contributed by atoms with Crippen LogP contribution in [0.25, 0.3) is 11.1 Å². The Kier molecular flexibility index (Phi) is 7.05. The van der Waals surface area contributed by atoms with Gasteiger partial charge < -0.3 is 20.5 Å². The Bertz CT molecular complexity index is 1080. The minimum absolute atomic E-state index is 0.0940. The van der Waals surface area contributed by atoms with E-state index < -0.39 is 48.3 Å². The van der Waals surface area contributed by atoms with Gasteiger partial charge in [-0.2, -0.15) is 0 Å². The number of ether oxygens (including phenoxy) is 1. The number of halogens is 2. The summed E-state index contributed by atoms with van der Waals surface area (Å²) in [5, 5.41) is 13.9. The molecule has 1 unspecified atom stereocenters. The maximum Gasteiger partial charge on any atom is 0.407 e. The van der Waals surface area contributed by atoms with E-state index in [0.29, 0.717) is 12.8 Å². The number of benzene rings is 2. The standard InChI is InChI=1S/C26H28F2N2O5/c1-2-7-15(12-22(31)29-13-21-23(24(32)33)26(21,27)28)30-25(34)35-14-20-18-10-5-3-8-16(18)17-9-4-6-11-19(17)20/h3-6,8-11,15,20-21,23H,2,7,12-14H2,1H3,(H,29,31)(H,30,34)(H,32,33)/t15?,21-,23-/m1/s1. The van der Waals surface area contributed by atoms with Gasteiger partial charge in [0.1, 0.15) is 12.5 Å². The number of carboxylic acids is 1. The van der Waals surface area contributed by atoms with E-state index in [4.69, 9.17) is 9.84 Å². The lowest BCUT2D eigenvalue weighted by Crippen LogP contribution is -2.40. The maximum atomic E-state index is 13.5. The van der Waals surface area contributed by atoms with E-state index in [1.807, 2.05) is 55.5 Å². The highest BCUT2D eigenvalue weighted by atomic mass is 19.3. The Hall–Kier alpha value is -3.49. The number of alkyl halides is 2. The van der Waals surface area contributed by atoms with Crippen LogP contribution >= 0.6 is 0 Å². The maximum absolute atomic E-state index is 13.5. The predicted octanol–water partition coefficient (Wildman–Crippen LogP) is 4.17. The topological polar surface area (TPSA) is 105 Å². The molecule has 1 saturated carbocycles. The predicted molar refractivity (Wildman–Crippen MR) is 124 cm³/mol.